The Labute approximate surface area is 118 Å². The van der Waals surface area contributed by atoms with Crippen LogP contribution in [0, 0.1) is 0 Å². The summed E-state index contributed by atoms with van der Waals surface area (Å²) in [6.07, 6.45) is 1.80. The zero-order valence-corrected chi connectivity index (χ0v) is 11.9. The minimum absolute atomic E-state index is 0.0992. The molecular weight excluding hydrogens is 266 g/mol. The lowest BCUT2D eigenvalue weighted by atomic mass is 10.3. The van der Waals surface area contributed by atoms with Crippen LogP contribution in [0.15, 0.2) is 11.9 Å². The summed E-state index contributed by atoms with van der Waals surface area (Å²) in [6, 6.07) is 0. The maximum Gasteiger partial charge on any atom is 0.325 e. The van der Waals surface area contributed by atoms with Crippen molar-refractivity contribution in [2.45, 2.75) is 0 Å². The molecule has 1 heterocycles. The van der Waals surface area contributed by atoms with Gasteiger partial charge in [0.25, 0.3) is 0 Å². The number of thiocarbonyl (C=S) groups is 1. The van der Waals surface area contributed by atoms with Crippen LogP contribution in [-0.4, -0.2) is 67.3 Å². The smallest absolute Gasteiger partial charge is 0.325 e. The molecule has 0 bridgehead atoms. The van der Waals surface area contributed by atoms with E-state index in [1.54, 1.807) is 6.08 Å². The second-order valence-corrected chi connectivity index (χ2v) is 4.61. The van der Waals surface area contributed by atoms with E-state index >= 15 is 0 Å². The Morgan fingerprint density at radius 1 is 1.37 bits per heavy atom. The van der Waals surface area contributed by atoms with E-state index in [9.17, 15) is 4.79 Å². The number of carbonyl (C=O) groups is 1. The van der Waals surface area contributed by atoms with Crippen LogP contribution in [0.1, 0.15) is 0 Å². The van der Waals surface area contributed by atoms with Crippen LogP contribution in [-0.2, 0) is 9.53 Å². The maximum absolute atomic E-state index is 11.0. The van der Waals surface area contributed by atoms with Gasteiger partial charge in [-0.25, -0.2) is 0 Å². The Morgan fingerprint density at radius 3 is 2.53 bits per heavy atom. The summed E-state index contributed by atoms with van der Waals surface area (Å²) in [4.78, 5) is 15.3. The van der Waals surface area contributed by atoms with Crippen molar-refractivity contribution >= 4 is 23.3 Å². The molecule has 1 aliphatic heterocycles. The Kier molecular flexibility index (Phi) is 6.37. The van der Waals surface area contributed by atoms with Crippen LogP contribution in [0.4, 0.5) is 0 Å². The molecule has 0 radical (unpaired) electrons. The van der Waals surface area contributed by atoms with Crippen LogP contribution in [0.25, 0.3) is 0 Å². The highest BCUT2D eigenvalue weighted by atomic mass is 32.1. The maximum atomic E-state index is 11.0. The van der Waals surface area contributed by atoms with Gasteiger partial charge in [-0.1, -0.05) is 0 Å². The first kappa shape index (κ1) is 15.5. The van der Waals surface area contributed by atoms with E-state index in [2.05, 4.69) is 15.0 Å². The fourth-order valence-corrected chi connectivity index (χ4v) is 1.95. The summed E-state index contributed by atoms with van der Waals surface area (Å²) in [5, 5.41) is 3.46. The average molecular weight is 287 g/mol. The molecule has 0 spiro atoms. The molecule has 0 aliphatic carbocycles. The van der Waals surface area contributed by atoms with Gasteiger partial charge in [-0.2, -0.15) is 0 Å². The van der Waals surface area contributed by atoms with Gasteiger partial charge in [-0.05, 0) is 18.3 Å². The molecule has 19 heavy (non-hydrogen) atoms. The minimum atomic E-state index is -0.329. The highest BCUT2D eigenvalue weighted by Gasteiger charge is 2.18. The van der Waals surface area contributed by atoms with E-state index in [1.807, 2.05) is 4.90 Å². The van der Waals surface area contributed by atoms with Crippen molar-refractivity contribution in [2.24, 2.45) is 11.5 Å². The molecule has 0 saturated carbocycles. The minimum Gasteiger partial charge on any atom is -0.468 e. The van der Waals surface area contributed by atoms with Gasteiger partial charge in [0.2, 0.25) is 0 Å². The van der Waals surface area contributed by atoms with Crippen LogP contribution in [0.2, 0.25) is 0 Å². The standard InChI is InChI=1S/C11H21N5O2S/c1-18-10(17)8-14-11(19)16-6-4-15(5-7-16)3-2-9(12)13/h2H,3-8,12-13H2,1H3,(H,14,19). The molecular formula is C11H21N5O2S. The number of rotatable bonds is 4. The van der Waals surface area contributed by atoms with E-state index in [1.165, 1.54) is 7.11 Å². The third-order valence-corrected chi connectivity index (χ3v) is 3.26. The summed E-state index contributed by atoms with van der Waals surface area (Å²) in [6.45, 7) is 4.23. The number of ether oxygens (including phenoxy) is 1. The summed E-state index contributed by atoms with van der Waals surface area (Å²) in [5.74, 6) is 0.0160. The Morgan fingerprint density at radius 2 is 2.00 bits per heavy atom. The normalized spacial score (nSPS) is 15.7. The Bertz CT molecular complexity index is 349. The van der Waals surface area contributed by atoms with Gasteiger partial charge in [0.05, 0.1) is 12.9 Å². The van der Waals surface area contributed by atoms with E-state index in [0.717, 1.165) is 32.7 Å². The van der Waals surface area contributed by atoms with Crippen LogP contribution in [0.3, 0.4) is 0 Å². The van der Waals surface area contributed by atoms with Gasteiger partial charge in [0, 0.05) is 32.7 Å². The summed E-state index contributed by atoms with van der Waals surface area (Å²) in [5.41, 5.74) is 10.8. The van der Waals surface area contributed by atoms with Gasteiger partial charge in [-0.15, -0.1) is 0 Å². The number of esters is 1. The monoisotopic (exact) mass is 287 g/mol. The second-order valence-electron chi connectivity index (χ2n) is 4.23. The summed E-state index contributed by atoms with van der Waals surface area (Å²) < 4.78 is 4.54. The van der Waals surface area contributed by atoms with Crippen molar-refractivity contribution in [2.75, 3.05) is 46.4 Å². The van der Waals surface area contributed by atoms with Gasteiger partial charge >= 0.3 is 5.97 Å². The molecule has 1 rings (SSSR count). The fourth-order valence-electron chi connectivity index (χ4n) is 1.70. The Balaban J connectivity index is 2.27. The lowest BCUT2D eigenvalue weighted by Crippen LogP contribution is -2.52. The SMILES string of the molecule is COC(=O)CNC(=S)N1CCN(CC=C(N)N)CC1. The first-order valence-electron chi connectivity index (χ1n) is 6.06. The third kappa shape index (κ3) is 5.75. The van der Waals surface area contributed by atoms with E-state index in [0.29, 0.717) is 10.9 Å². The first-order valence-corrected chi connectivity index (χ1v) is 6.46. The molecule has 1 fully saturated rings. The molecule has 7 nitrogen and oxygen atoms in total. The molecule has 1 aliphatic rings. The van der Waals surface area contributed by atoms with Crippen LogP contribution in [0.5, 0.6) is 0 Å². The molecule has 0 aromatic rings. The molecule has 0 unspecified atom stereocenters. The van der Waals surface area contributed by atoms with E-state index < -0.39 is 0 Å². The fraction of sp³-hybridized carbons (Fsp3) is 0.636. The van der Waals surface area contributed by atoms with Crippen molar-refractivity contribution in [3.05, 3.63) is 11.9 Å². The first-order chi connectivity index (χ1) is 9.02. The number of carbonyl (C=O) groups excluding carboxylic acids is 1. The number of nitrogens with two attached hydrogens (primary N) is 2. The zero-order chi connectivity index (χ0) is 14.3. The number of nitrogens with zero attached hydrogens (tertiary/aromatic N) is 2. The quantitative estimate of drug-likeness (QED) is 0.421. The van der Waals surface area contributed by atoms with Crippen molar-refractivity contribution in [1.29, 1.82) is 0 Å². The van der Waals surface area contributed by atoms with E-state index in [4.69, 9.17) is 23.7 Å². The summed E-state index contributed by atoms with van der Waals surface area (Å²) >= 11 is 5.22. The third-order valence-electron chi connectivity index (χ3n) is 2.86. The molecule has 0 aromatic carbocycles. The predicted octanol–water partition coefficient (Wildman–Crippen LogP) is -1.59. The molecule has 0 amide bonds. The lowest BCUT2D eigenvalue weighted by Gasteiger charge is -2.35. The molecule has 108 valence electrons. The van der Waals surface area contributed by atoms with Crippen LogP contribution >= 0.6 is 12.2 Å². The predicted molar refractivity (Wildman–Crippen MR) is 77.1 cm³/mol. The number of methoxy groups -OCH3 is 1. The number of nitrogens with one attached hydrogen (secondary N) is 1. The molecule has 8 heteroatoms. The van der Waals surface area contributed by atoms with Gasteiger partial charge in [0.1, 0.15) is 6.54 Å². The van der Waals surface area contributed by atoms with Gasteiger partial charge in [-0.3, -0.25) is 9.69 Å². The van der Waals surface area contributed by atoms with Crippen molar-refractivity contribution < 1.29 is 9.53 Å². The van der Waals surface area contributed by atoms with Gasteiger partial charge < -0.3 is 26.4 Å². The highest BCUT2D eigenvalue weighted by molar-refractivity contribution is 7.80. The molecule has 1 saturated heterocycles. The molecule has 0 aromatic heterocycles. The number of hydrogen-bond donors (Lipinski definition) is 3. The number of piperazine rings is 1. The Hall–Kier alpha value is -1.54. The van der Waals surface area contributed by atoms with Crippen molar-refractivity contribution in [3.8, 4) is 0 Å². The average Bonchev–Trinajstić information content (AvgIpc) is 2.42. The number of hydrogen-bond acceptors (Lipinski definition) is 6. The highest BCUT2D eigenvalue weighted by Crippen LogP contribution is 2.02. The largest absolute Gasteiger partial charge is 0.468 e. The lowest BCUT2D eigenvalue weighted by molar-refractivity contribution is -0.139. The molecule has 0 atom stereocenters. The zero-order valence-electron chi connectivity index (χ0n) is 11.1. The summed E-state index contributed by atoms with van der Waals surface area (Å²) in [7, 11) is 1.35. The van der Waals surface area contributed by atoms with Crippen molar-refractivity contribution in [3.63, 3.8) is 0 Å². The molecule has 5 N–H and O–H groups in total. The van der Waals surface area contributed by atoms with Gasteiger partial charge in [0.15, 0.2) is 5.11 Å². The van der Waals surface area contributed by atoms with E-state index in [-0.39, 0.29) is 12.5 Å². The van der Waals surface area contributed by atoms with Crippen molar-refractivity contribution in [1.82, 2.24) is 15.1 Å². The van der Waals surface area contributed by atoms with Crippen LogP contribution < -0.4 is 16.8 Å². The second kappa shape index (κ2) is 7.80. The topological polar surface area (TPSA) is 96.8 Å².